The molecule has 1 aromatic heterocycles. The highest BCUT2D eigenvalue weighted by atomic mass is 32.2. The van der Waals surface area contributed by atoms with Crippen molar-refractivity contribution in [3.63, 3.8) is 0 Å². The zero-order chi connectivity index (χ0) is 18.0. The second-order valence-corrected chi connectivity index (χ2v) is 10.1. The van der Waals surface area contributed by atoms with Gasteiger partial charge in [-0.15, -0.1) is 11.3 Å². The van der Waals surface area contributed by atoms with Crippen molar-refractivity contribution in [2.45, 2.75) is 56.1 Å². The van der Waals surface area contributed by atoms with Gasteiger partial charge in [0.25, 0.3) is 0 Å². The average Bonchev–Trinajstić information content (AvgIpc) is 3.35. The molecule has 1 atom stereocenters. The molecule has 4 nitrogen and oxygen atoms in total. The van der Waals surface area contributed by atoms with Crippen molar-refractivity contribution >= 4 is 21.4 Å². The Morgan fingerprint density at radius 3 is 2.69 bits per heavy atom. The molecule has 0 spiro atoms. The molecule has 0 amide bonds. The van der Waals surface area contributed by atoms with Crippen LogP contribution in [0, 0.1) is 0 Å². The maximum atomic E-state index is 13.4. The summed E-state index contributed by atoms with van der Waals surface area (Å²) in [6, 6.07) is 9.67. The van der Waals surface area contributed by atoms with Gasteiger partial charge in [-0.1, -0.05) is 12.1 Å². The fourth-order valence-electron chi connectivity index (χ4n) is 3.86. The summed E-state index contributed by atoms with van der Waals surface area (Å²) < 4.78 is 34.1. The first-order valence-electron chi connectivity index (χ1n) is 9.39. The van der Waals surface area contributed by atoms with Crippen LogP contribution in [0.4, 0.5) is 0 Å². The molecule has 0 saturated carbocycles. The van der Waals surface area contributed by atoms with Crippen molar-refractivity contribution in [2.75, 3.05) is 13.2 Å². The smallest absolute Gasteiger partial charge is 0.243 e. The van der Waals surface area contributed by atoms with Crippen molar-refractivity contribution in [2.24, 2.45) is 0 Å². The number of ether oxygens (including phenoxy) is 1. The summed E-state index contributed by atoms with van der Waals surface area (Å²) in [6.45, 7) is 1.57. The fourth-order valence-corrected chi connectivity index (χ4v) is 6.16. The first-order valence-corrected chi connectivity index (χ1v) is 11.7. The number of nitrogens with zero attached hydrogens (tertiary/aromatic N) is 1. The van der Waals surface area contributed by atoms with Gasteiger partial charge in [0.1, 0.15) is 0 Å². The van der Waals surface area contributed by atoms with Gasteiger partial charge in [0, 0.05) is 24.6 Å². The van der Waals surface area contributed by atoms with Crippen LogP contribution in [-0.4, -0.2) is 32.0 Å². The van der Waals surface area contributed by atoms with Crippen LogP contribution in [0.1, 0.15) is 41.7 Å². The molecule has 1 aliphatic heterocycles. The molecule has 1 aliphatic carbocycles. The Bertz CT molecular complexity index is 840. The van der Waals surface area contributed by atoms with Crippen molar-refractivity contribution in [3.05, 3.63) is 51.7 Å². The molecular weight excluding hydrogens is 366 g/mol. The quantitative estimate of drug-likeness (QED) is 0.748. The number of benzene rings is 1. The molecule has 0 radical (unpaired) electrons. The highest BCUT2D eigenvalue weighted by Crippen LogP contribution is 2.28. The van der Waals surface area contributed by atoms with E-state index in [0.29, 0.717) is 18.0 Å². The van der Waals surface area contributed by atoms with E-state index in [1.807, 2.05) is 29.6 Å². The Balaban J connectivity index is 1.63. The lowest BCUT2D eigenvalue weighted by molar-refractivity contribution is 0.0927. The highest BCUT2D eigenvalue weighted by Gasteiger charge is 2.30. The third kappa shape index (κ3) is 3.88. The van der Waals surface area contributed by atoms with Crippen LogP contribution in [0.2, 0.25) is 0 Å². The van der Waals surface area contributed by atoms with Gasteiger partial charge < -0.3 is 4.74 Å². The van der Waals surface area contributed by atoms with Crippen LogP contribution in [0.3, 0.4) is 0 Å². The number of fused-ring (bicyclic) bond motifs is 1. The molecule has 0 N–H and O–H groups in total. The molecular formula is C20H25NO3S2. The number of hydrogen-bond acceptors (Lipinski definition) is 4. The Morgan fingerprint density at radius 2 is 1.96 bits per heavy atom. The summed E-state index contributed by atoms with van der Waals surface area (Å²) in [5.41, 5.74) is 2.50. The van der Waals surface area contributed by atoms with Crippen molar-refractivity contribution in [1.82, 2.24) is 4.31 Å². The Kier molecular flexibility index (Phi) is 5.45. The highest BCUT2D eigenvalue weighted by molar-refractivity contribution is 7.89. The number of sulfonamides is 1. The van der Waals surface area contributed by atoms with E-state index in [0.717, 1.165) is 43.6 Å². The summed E-state index contributed by atoms with van der Waals surface area (Å²) in [6.07, 6.45) is 6.33. The van der Waals surface area contributed by atoms with Gasteiger partial charge in [0.15, 0.2) is 0 Å². The van der Waals surface area contributed by atoms with Crippen LogP contribution in [0.25, 0.3) is 0 Å². The SMILES string of the molecule is O=S(=O)(c1ccc2c(c1)CCCC2)N(Cc1cccs1)CC1CCCO1. The van der Waals surface area contributed by atoms with E-state index < -0.39 is 10.0 Å². The monoisotopic (exact) mass is 391 g/mol. The normalized spacial score (nSPS) is 20.4. The van der Waals surface area contributed by atoms with Gasteiger partial charge >= 0.3 is 0 Å². The number of aryl methyl sites for hydroxylation is 2. The predicted octanol–water partition coefficient (Wildman–Crippen LogP) is 4.00. The van der Waals surface area contributed by atoms with E-state index in [9.17, 15) is 8.42 Å². The molecule has 1 aromatic carbocycles. The van der Waals surface area contributed by atoms with Crippen molar-refractivity contribution < 1.29 is 13.2 Å². The molecule has 0 bridgehead atoms. The molecule has 2 heterocycles. The van der Waals surface area contributed by atoms with Gasteiger partial charge in [0.2, 0.25) is 10.0 Å². The van der Waals surface area contributed by atoms with Crippen molar-refractivity contribution in [3.8, 4) is 0 Å². The van der Waals surface area contributed by atoms with Crippen LogP contribution in [-0.2, 0) is 34.1 Å². The maximum Gasteiger partial charge on any atom is 0.243 e. The molecule has 2 aliphatic rings. The minimum Gasteiger partial charge on any atom is -0.377 e. The summed E-state index contributed by atoms with van der Waals surface area (Å²) >= 11 is 1.60. The molecule has 140 valence electrons. The summed E-state index contributed by atoms with van der Waals surface area (Å²) in [4.78, 5) is 1.48. The van der Waals surface area contributed by atoms with E-state index in [1.54, 1.807) is 21.7 Å². The second-order valence-electron chi connectivity index (χ2n) is 7.15. The van der Waals surface area contributed by atoms with Crippen LogP contribution in [0.5, 0.6) is 0 Å². The lowest BCUT2D eigenvalue weighted by atomic mass is 9.92. The van der Waals surface area contributed by atoms with E-state index >= 15 is 0 Å². The molecule has 6 heteroatoms. The molecule has 2 aromatic rings. The summed E-state index contributed by atoms with van der Waals surface area (Å²) in [5.74, 6) is 0. The Hall–Kier alpha value is -1.21. The number of rotatable bonds is 6. The molecule has 1 fully saturated rings. The van der Waals surface area contributed by atoms with Gasteiger partial charge in [-0.3, -0.25) is 0 Å². The second kappa shape index (κ2) is 7.80. The van der Waals surface area contributed by atoms with E-state index in [1.165, 1.54) is 17.5 Å². The molecule has 1 saturated heterocycles. The largest absolute Gasteiger partial charge is 0.377 e. The topological polar surface area (TPSA) is 46.6 Å². The molecule has 26 heavy (non-hydrogen) atoms. The van der Waals surface area contributed by atoms with E-state index in [2.05, 4.69) is 0 Å². The predicted molar refractivity (Wildman–Crippen MR) is 104 cm³/mol. The van der Waals surface area contributed by atoms with Gasteiger partial charge in [-0.2, -0.15) is 4.31 Å². The van der Waals surface area contributed by atoms with Crippen LogP contribution in [0.15, 0.2) is 40.6 Å². The first kappa shape index (κ1) is 18.2. The minimum absolute atomic E-state index is 0.00219. The average molecular weight is 392 g/mol. The van der Waals surface area contributed by atoms with Crippen LogP contribution < -0.4 is 0 Å². The van der Waals surface area contributed by atoms with E-state index in [4.69, 9.17) is 4.74 Å². The van der Waals surface area contributed by atoms with Crippen molar-refractivity contribution in [1.29, 1.82) is 0 Å². The minimum atomic E-state index is -3.54. The molecule has 4 rings (SSSR count). The fraction of sp³-hybridized carbons (Fsp3) is 0.500. The Labute approximate surface area is 159 Å². The summed E-state index contributed by atoms with van der Waals surface area (Å²) in [7, 11) is -3.54. The first-order chi connectivity index (χ1) is 12.6. The zero-order valence-electron chi connectivity index (χ0n) is 14.9. The summed E-state index contributed by atoms with van der Waals surface area (Å²) in [5, 5.41) is 1.99. The van der Waals surface area contributed by atoms with Gasteiger partial charge in [-0.25, -0.2) is 8.42 Å². The standard InChI is InChI=1S/C20H25NO3S2/c22-26(23,20-10-9-16-5-1-2-6-17(16)13-20)21(14-18-7-3-11-24-18)15-19-8-4-12-25-19/h4,8-10,12-13,18H,1-3,5-7,11,14-15H2. The van der Waals surface area contributed by atoms with Gasteiger partial charge in [0.05, 0.1) is 11.0 Å². The van der Waals surface area contributed by atoms with Crippen LogP contribution >= 0.6 is 11.3 Å². The lowest BCUT2D eigenvalue weighted by Gasteiger charge is -2.25. The Morgan fingerprint density at radius 1 is 1.12 bits per heavy atom. The molecule has 1 unspecified atom stereocenters. The third-order valence-corrected chi connectivity index (χ3v) is 7.97. The zero-order valence-corrected chi connectivity index (χ0v) is 16.5. The number of thiophene rings is 1. The van der Waals surface area contributed by atoms with Gasteiger partial charge in [-0.05, 0) is 73.2 Å². The lowest BCUT2D eigenvalue weighted by Crippen LogP contribution is -2.36. The van der Waals surface area contributed by atoms with E-state index in [-0.39, 0.29) is 6.10 Å². The maximum absolute atomic E-state index is 13.4. The number of hydrogen-bond donors (Lipinski definition) is 0. The third-order valence-electron chi connectivity index (χ3n) is 5.30.